The SMILES string of the molecule is CC1=Cc2c(Br)cccc2C1[Si](C)(C)C1=CC=CC1. The predicted molar refractivity (Wildman–Crippen MR) is 89.9 cm³/mol. The fraction of sp³-hybridized carbons (Fsp3) is 0.294. The van der Waals surface area contributed by atoms with Gasteiger partial charge in [0.05, 0.1) is 8.07 Å². The summed E-state index contributed by atoms with van der Waals surface area (Å²) in [5, 5.41) is 1.68. The highest BCUT2D eigenvalue weighted by Crippen LogP contribution is 2.47. The van der Waals surface area contributed by atoms with Crippen molar-refractivity contribution in [1.82, 2.24) is 0 Å². The Bertz CT molecular complexity index is 620. The van der Waals surface area contributed by atoms with Gasteiger partial charge in [0, 0.05) is 10.0 Å². The molecule has 0 aromatic heterocycles. The monoisotopic (exact) mass is 330 g/mol. The molecule has 19 heavy (non-hydrogen) atoms. The number of hydrogen-bond donors (Lipinski definition) is 0. The Morgan fingerprint density at radius 1 is 1.26 bits per heavy atom. The summed E-state index contributed by atoms with van der Waals surface area (Å²) < 4.78 is 1.23. The smallest absolute Gasteiger partial charge is 0.0809 e. The first-order chi connectivity index (χ1) is 9.01. The molecule has 0 radical (unpaired) electrons. The van der Waals surface area contributed by atoms with E-state index < -0.39 is 8.07 Å². The highest BCUT2D eigenvalue weighted by Gasteiger charge is 2.40. The highest BCUT2D eigenvalue weighted by molar-refractivity contribution is 9.10. The summed E-state index contributed by atoms with van der Waals surface area (Å²) in [5.74, 6) is 0. The topological polar surface area (TPSA) is 0 Å². The molecule has 0 aliphatic heterocycles. The van der Waals surface area contributed by atoms with E-state index in [-0.39, 0.29) is 0 Å². The predicted octanol–water partition coefficient (Wildman–Crippen LogP) is 5.62. The summed E-state index contributed by atoms with van der Waals surface area (Å²) in [7, 11) is -1.46. The van der Waals surface area contributed by atoms with E-state index in [4.69, 9.17) is 0 Å². The Hall–Kier alpha value is -0.863. The Morgan fingerprint density at radius 3 is 2.74 bits per heavy atom. The van der Waals surface area contributed by atoms with Crippen molar-refractivity contribution >= 4 is 30.1 Å². The van der Waals surface area contributed by atoms with Crippen molar-refractivity contribution in [3.05, 3.63) is 62.8 Å². The van der Waals surface area contributed by atoms with Crippen LogP contribution in [0, 0.1) is 0 Å². The van der Waals surface area contributed by atoms with Crippen molar-refractivity contribution in [1.29, 1.82) is 0 Å². The molecule has 0 nitrogen and oxygen atoms in total. The van der Waals surface area contributed by atoms with Gasteiger partial charge in [0.1, 0.15) is 0 Å². The summed E-state index contributed by atoms with van der Waals surface area (Å²) in [6.45, 7) is 7.34. The normalized spacial score (nSPS) is 21.4. The van der Waals surface area contributed by atoms with Crippen molar-refractivity contribution < 1.29 is 0 Å². The molecule has 2 aliphatic carbocycles. The number of allylic oxidation sites excluding steroid dienone is 5. The van der Waals surface area contributed by atoms with Gasteiger partial charge < -0.3 is 0 Å². The summed E-state index contributed by atoms with van der Waals surface area (Å²) >= 11 is 3.70. The summed E-state index contributed by atoms with van der Waals surface area (Å²) in [6.07, 6.45) is 10.4. The number of hydrogen-bond acceptors (Lipinski definition) is 0. The molecule has 1 aromatic carbocycles. The van der Waals surface area contributed by atoms with E-state index in [0.29, 0.717) is 5.54 Å². The minimum absolute atomic E-state index is 0.631. The van der Waals surface area contributed by atoms with Gasteiger partial charge in [0.2, 0.25) is 0 Å². The van der Waals surface area contributed by atoms with Crippen LogP contribution >= 0.6 is 15.9 Å². The number of fused-ring (bicyclic) bond motifs is 1. The summed E-state index contributed by atoms with van der Waals surface area (Å²) in [6, 6.07) is 6.64. The molecule has 0 bridgehead atoms. The molecule has 0 saturated carbocycles. The maximum absolute atomic E-state index is 3.70. The number of rotatable bonds is 2. The highest BCUT2D eigenvalue weighted by atomic mass is 79.9. The molecule has 0 heterocycles. The molecule has 1 atom stereocenters. The lowest BCUT2D eigenvalue weighted by Gasteiger charge is -2.33. The van der Waals surface area contributed by atoms with Crippen molar-refractivity contribution in [2.24, 2.45) is 0 Å². The average Bonchev–Trinajstić information content (AvgIpc) is 2.96. The maximum Gasteiger partial charge on any atom is 0.0876 e. The number of benzene rings is 1. The largest absolute Gasteiger partial charge is 0.0876 e. The Balaban J connectivity index is 2.08. The van der Waals surface area contributed by atoms with Crippen LogP contribution in [0.25, 0.3) is 6.08 Å². The lowest BCUT2D eigenvalue weighted by molar-refractivity contribution is 1.06. The zero-order valence-electron chi connectivity index (χ0n) is 11.7. The molecule has 2 aliphatic rings. The zero-order chi connectivity index (χ0) is 13.6. The molecule has 0 amide bonds. The first-order valence-corrected chi connectivity index (χ1v) is 10.7. The van der Waals surface area contributed by atoms with Crippen molar-refractivity contribution in [2.45, 2.75) is 32.0 Å². The first kappa shape index (κ1) is 13.1. The van der Waals surface area contributed by atoms with Crippen LogP contribution in [0.2, 0.25) is 13.1 Å². The molecule has 0 N–H and O–H groups in total. The molecule has 0 spiro atoms. The molecule has 0 saturated heterocycles. The fourth-order valence-corrected chi connectivity index (χ4v) is 7.87. The van der Waals surface area contributed by atoms with Crippen molar-refractivity contribution in [3.8, 4) is 0 Å². The minimum Gasteiger partial charge on any atom is -0.0809 e. The lowest BCUT2D eigenvalue weighted by Crippen LogP contribution is -2.37. The van der Waals surface area contributed by atoms with E-state index >= 15 is 0 Å². The summed E-state index contributed by atoms with van der Waals surface area (Å²) in [4.78, 5) is 0. The van der Waals surface area contributed by atoms with Crippen LogP contribution in [-0.2, 0) is 0 Å². The van der Waals surface area contributed by atoms with Crippen LogP contribution in [0.5, 0.6) is 0 Å². The minimum atomic E-state index is -1.46. The van der Waals surface area contributed by atoms with Gasteiger partial charge in [-0.2, -0.15) is 0 Å². The second-order valence-corrected chi connectivity index (χ2v) is 11.6. The maximum atomic E-state index is 3.70. The Morgan fingerprint density at radius 2 is 2.05 bits per heavy atom. The summed E-state index contributed by atoms with van der Waals surface area (Å²) in [5.41, 5.74) is 5.09. The van der Waals surface area contributed by atoms with E-state index in [2.05, 4.69) is 78.5 Å². The van der Waals surface area contributed by atoms with Crippen LogP contribution in [0.15, 0.2) is 51.7 Å². The number of halogens is 1. The van der Waals surface area contributed by atoms with E-state index in [1.807, 2.05) is 0 Å². The molecule has 1 aromatic rings. The van der Waals surface area contributed by atoms with Gasteiger partial charge in [0.15, 0.2) is 0 Å². The standard InChI is InChI=1S/C17H19BrSi/c1-12-11-15-14(9-6-10-16(15)18)17(12)19(2,3)13-7-4-5-8-13/h4-7,9-11,17H,8H2,1-3H3. The van der Waals surface area contributed by atoms with Gasteiger partial charge >= 0.3 is 0 Å². The van der Waals surface area contributed by atoms with Gasteiger partial charge in [0.25, 0.3) is 0 Å². The third-order valence-electron chi connectivity index (χ3n) is 4.55. The van der Waals surface area contributed by atoms with Crippen LogP contribution in [-0.4, -0.2) is 8.07 Å². The van der Waals surface area contributed by atoms with Crippen molar-refractivity contribution in [2.75, 3.05) is 0 Å². The van der Waals surface area contributed by atoms with E-state index in [9.17, 15) is 0 Å². The lowest BCUT2D eigenvalue weighted by atomic mass is 10.1. The van der Waals surface area contributed by atoms with Gasteiger partial charge in [-0.15, -0.1) is 0 Å². The third-order valence-corrected chi connectivity index (χ3v) is 9.47. The first-order valence-electron chi connectivity index (χ1n) is 6.84. The Labute approximate surface area is 125 Å². The van der Waals surface area contributed by atoms with E-state index in [1.54, 1.807) is 5.20 Å². The van der Waals surface area contributed by atoms with E-state index in [1.165, 1.54) is 21.2 Å². The molecule has 1 unspecified atom stereocenters. The quantitative estimate of drug-likeness (QED) is 0.617. The molecule has 2 heteroatoms. The molecule has 98 valence electrons. The Kier molecular flexibility index (Phi) is 3.18. The van der Waals surface area contributed by atoms with Gasteiger partial charge in [-0.3, -0.25) is 0 Å². The second kappa shape index (κ2) is 4.60. The fourth-order valence-electron chi connectivity index (χ4n) is 3.58. The molecular formula is C17H19BrSi. The van der Waals surface area contributed by atoms with Gasteiger partial charge in [-0.05, 0) is 30.5 Å². The molecule has 0 fully saturated rings. The average molecular weight is 331 g/mol. The van der Waals surface area contributed by atoms with E-state index in [0.717, 1.165) is 6.42 Å². The van der Waals surface area contributed by atoms with Crippen LogP contribution < -0.4 is 0 Å². The zero-order valence-corrected chi connectivity index (χ0v) is 14.3. The van der Waals surface area contributed by atoms with Gasteiger partial charge in [-0.25, -0.2) is 0 Å². The van der Waals surface area contributed by atoms with Gasteiger partial charge in [-0.1, -0.05) is 76.2 Å². The van der Waals surface area contributed by atoms with Crippen LogP contribution in [0.1, 0.15) is 30.0 Å². The van der Waals surface area contributed by atoms with Crippen molar-refractivity contribution in [3.63, 3.8) is 0 Å². The van der Waals surface area contributed by atoms with Crippen LogP contribution in [0.3, 0.4) is 0 Å². The van der Waals surface area contributed by atoms with Crippen LogP contribution in [0.4, 0.5) is 0 Å². The second-order valence-electron chi connectivity index (χ2n) is 6.11. The third kappa shape index (κ3) is 2.02. The molecule has 3 rings (SSSR count). The molecular weight excluding hydrogens is 312 g/mol.